The molecular formula is C36H48N2O11. The molecule has 2 amide bonds. The maximum atomic E-state index is 13.4. The van der Waals surface area contributed by atoms with Crippen LogP contribution in [0.2, 0.25) is 0 Å². The number of esters is 2. The van der Waals surface area contributed by atoms with E-state index in [0.29, 0.717) is 23.7 Å². The van der Waals surface area contributed by atoms with Gasteiger partial charge in [-0.25, -0.2) is 4.79 Å². The van der Waals surface area contributed by atoms with Crippen LogP contribution in [0, 0.1) is 5.92 Å². The van der Waals surface area contributed by atoms with E-state index < -0.39 is 72.5 Å². The number of nitrogens with one attached hydrogen (secondary N) is 2. The summed E-state index contributed by atoms with van der Waals surface area (Å²) in [5, 5.41) is 25.3. The minimum absolute atomic E-state index is 0.0170. The summed E-state index contributed by atoms with van der Waals surface area (Å²) in [6.45, 7) is 6.04. The van der Waals surface area contributed by atoms with E-state index in [9.17, 15) is 29.4 Å². The van der Waals surface area contributed by atoms with Crippen molar-refractivity contribution in [2.45, 2.75) is 121 Å². The lowest BCUT2D eigenvalue weighted by atomic mass is 9.88. The standard InChI is InChI=1S/C36H48N2O11/c1-20(40)31(34(43)37-25(18-39)11-13-30(41)49-36(2,3)4)38-33(42)24-16-28-32(46-19-45-28)29(17-24)48-35(44)23-7-5-6-21(14-23)8-9-22-10-12-26-27(15-22)47-26/h5-9,14,16,20,22,25-29,31-32,39-40H,10-13,15,17-19H2,1-4H3,(H,37,43)(H,38,42). The Bertz CT molecular complexity index is 1430. The number of carbonyl (C=O) groups is 4. The lowest BCUT2D eigenvalue weighted by molar-refractivity contribution is -0.155. The van der Waals surface area contributed by atoms with E-state index in [1.54, 1.807) is 45.0 Å². The molecule has 2 aliphatic carbocycles. The van der Waals surface area contributed by atoms with E-state index in [1.165, 1.54) is 6.92 Å². The minimum atomic E-state index is -1.38. The summed E-state index contributed by atoms with van der Waals surface area (Å²) in [5.74, 6) is -2.03. The molecule has 0 radical (unpaired) electrons. The smallest absolute Gasteiger partial charge is 0.338 e. The Morgan fingerprint density at radius 3 is 2.61 bits per heavy atom. The monoisotopic (exact) mass is 684 g/mol. The number of epoxide rings is 1. The highest BCUT2D eigenvalue weighted by Crippen LogP contribution is 2.40. The van der Waals surface area contributed by atoms with Gasteiger partial charge in [0.15, 0.2) is 0 Å². The van der Waals surface area contributed by atoms with Gasteiger partial charge in [-0.15, -0.1) is 0 Å². The summed E-state index contributed by atoms with van der Waals surface area (Å²) < 4.78 is 28.1. The number of hydrogen-bond acceptors (Lipinski definition) is 11. The molecule has 9 atom stereocenters. The highest BCUT2D eigenvalue weighted by Gasteiger charge is 2.44. The van der Waals surface area contributed by atoms with Crippen molar-refractivity contribution in [3.8, 4) is 0 Å². The zero-order valence-corrected chi connectivity index (χ0v) is 28.5. The quantitative estimate of drug-likeness (QED) is 0.177. The molecule has 5 rings (SSSR count). The van der Waals surface area contributed by atoms with Gasteiger partial charge in [-0.05, 0) is 83.1 Å². The number of aliphatic hydroxyl groups is 2. The van der Waals surface area contributed by atoms with Crippen molar-refractivity contribution >= 4 is 29.8 Å². The molecule has 0 aromatic heterocycles. The van der Waals surface area contributed by atoms with Crippen LogP contribution in [0.15, 0.2) is 42.0 Å². The van der Waals surface area contributed by atoms with Gasteiger partial charge in [0.1, 0.15) is 36.7 Å². The van der Waals surface area contributed by atoms with Gasteiger partial charge in [0.2, 0.25) is 11.8 Å². The fraction of sp³-hybridized carbons (Fsp3) is 0.611. The first-order chi connectivity index (χ1) is 23.3. The number of carbonyl (C=O) groups excluding carboxylic acids is 4. The Balaban J connectivity index is 1.18. The molecule has 2 aliphatic heterocycles. The number of fused-ring (bicyclic) bond motifs is 2. The van der Waals surface area contributed by atoms with E-state index in [4.69, 9.17) is 23.7 Å². The summed E-state index contributed by atoms with van der Waals surface area (Å²) in [6, 6.07) is 4.92. The molecule has 13 heteroatoms. The molecule has 4 aliphatic rings. The second-order valence-electron chi connectivity index (χ2n) is 14.2. The first-order valence-electron chi connectivity index (χ1n) is 17.0. The maximum absolute atomic E-state index is 13.4. The highest BCUT2D eigenvalue weighted by atomic mass is 16.7. The van der Waals surface area contributed by atoms with Crippen molar-refractivity contribution in [3.63, 3.8) is 0 Å². The van der Waals surface area contributed by atoms with Gasteiger partial charge < -0.3 is 44.5 Å². The predicted molar refractivity (Wildman–Crippen MR) is 176 cm³/mol. The zero-order valence-electron chi connectivity index (χ0n) is 28.5. The van der Waals surface area contributed by atoms with Gasteiger partial charge in [0.05, 0.1) is 36.5 Å². The van der Waals surface area contributed by atoms with Crippen molar-refractivity contribution in [2.24, 2.45) is 5.92 Å². The molecule has 13 nitrogen and oxygen atoms in total. The molecule has 1 aromatic carbocycles. The van der Waals surface area contributed by atoms with Crippen LogP contribution in [0.4, 0.5) is 0 Å². The third-order valence-electron chi connectivity index (χ3n) is 9.01. The average molecular weight is 685 g/mol. The van der Waals surface area contributed by atoms with Gasteiger partial charge in [-0.1, -0.05) is 24.3 Å². The van der Waals surface area contributed by atoms with Crippen LogP contribution < -0.4 is 10.6 Å². The summed E-state index contributed by atoms with van der Waals surface area (Å²) in [7, 11) is 0. The van der Waals surface area contributed by atoms with Crippen LogP contribution in [-0.4, -0.2) is 102 Å². The molecular weight excluding hydrogens is 636 g/mol. The molecule has 49 heavy (non-hydrogen) atoms. The Morgan fingerprint density at radius 1 is 1.10 bits per heavy atom. The Labute approximate surface area is 286 Å². The Hall–Kier alpha value is -3.62. The molecule has 4 N–H and O–H groups in total. The molecule has 268 valence electrons. The molecule has 2 saturated heterocycles. The van der Waals surface area contributed by atoms with Crippen molar-refractivity contribution in [2.75, 3.05) is 13.4 Å². The molecule has 0 bridgehead atoms. The largest absolute Gasteiger partial charge is 0.460 e. The number of allylic oxidation sites excluding steroid dienone is 1. The zero-order chi connectivity index (χ0) is 35.3. The molecule has 1 aromatic rings. The number of amides is 2. The fourth-order valence-electron chi connectivity index (χ4n) is 6.38. The van der Waals surface area contributed by atoms with Crippen LogP contribution in [0.3, 0.4) is 0 Å². The van der Waals surface area contributed by atoms with Crippen LogP contribution in [0.1, 0.15) is 82.1 Å². The van der Waals surface area contributed by atoms with Gasteiger partial charge >= 0.3 is 11.9 Å². The lowest BCUT2D eigenvalue weighted by Gasteiger charge is -2.31. The van der Waals surface area contributed by atoms with Crippen molar-refractivity contribution in [1.82, 2.24) is 10.6 Å². The highest BCUT2D eigenvalue weighted by molar-refractivity contribution is 5.97. The molecule has 0 spiro atoms. The van der Waals surface area contributed by atoms with Crippen LogP contribution in [0.5, 0.6) is 0 Å². The van der Waals surface area contributed by atoms with Gasteiger partial charge in [-0.3, -0.25) is 14.4 Å². The van der Waals surface area contributed by atoms with Gasteiger partial charge in [0, 0.05) is 18.4 Å². The summed E-state index contributed by atoms with van der Waals surface area (Å²) in [5.41, 5.74) is 0.734. The second kappa shape index (κ2) is 15.9. The van der Waals surface area contributed by atoms with Crippen molar-refractivity contribution in [1.29, 1.82) is 0 Å². The third-order valence-corrected chi connectivity index (χ3v) is 9.01. The maximum Gasteiger partial charge on any atom is 0.338 e. The number of hydrogen-bond donors (Lipinski definition) is 4. The number of aliphatic hydroxyl groups excluding tert-OH is 2. The Morgan fingerprint density at radius 2 is 1.90 bits per heavy atom. The SMILES string of the molecule is CC(O)C(NC(=O)C1=CC2OCOC2C(OC(=O)c2cccc(C=CC3CCC4OC4C3)c2)C1)C(=O)NC(CO)CCC(=O)OC(C)(C)C. The van der Waals surface area contributed by atoms with E-state index in [0.717, 1.165) is 24.8 Å². The summed E-state index contributed by atoms with van der Waals surface area (Å²) in [4.78, 5) is 52.0. The number of benzene rings is 1. The number of ether oxygens (including phenoxy) is 5. The second-order valence-corrected chi connectivity index (χ2v) is 14.2. The predicted octanol–water partition coefficient (Wildman–Crippen LogP) is 2.33. The van der Waals surface area contributed by atoms with E-state index in [1.807, 2.05) is 12.1 Å². The first kappa shape index (κ1) is 36.7. The normalized spacial score (nSPS) is 27.9. The van der Waals surface area contributed by atoms with Crippen molar-refractivity contribution < 1.29 is 53.1 Å². The molecule has 1 saturated carbocycles. The van der Waals surface area contributed by atoms with Crippen LogP contribution in [-0.2, 0) is 38.1 Å². The van der Waals surface area contributed by atoms with Crippen LogP contribution in [0.25, 0.3) is 6.08 Å². The molecule has 3 fully saturated rings. The van der Waals surface area contributed by atoms with Gasteiger partial charge in [0.25, 0.3) is 0 Å². The Kier molecular flexibility index (Phi) is 11.9. The topological polar surface area (TPSA) is 182 Å². The third kappa shape index (κ3) is 10.2. The molecule has 9 unspecified atom stereocenters. The lowest BCUT2D eigenvalue weighted by Crippen LogP contribution is -2.55. The van der Waals surface area contributed by atoms with Gasteiger partial charge in [-0.2, -0.15) is 0 Å². The van der Waals surface area contributed by atoms with E-state index in [-0.39, 0.29) is 31.6 Å². The summed E-state index contributed by atoms with van der Waals surface area (Å²) in [6.07, 6.45) is 6.29. The molecule has 2 heterocycles. The number of rotatable bonds is 13. The van der Waals surface area contributed by atoms with E-state index in [2.05, 4.69) is 16.7 Å². The van der Waals surface area contributed by atoms with Crippen LogP contribution >= 0.6 is 0 Å². The minimum Gasteiger partial charge on any atom is -0.460 e. The van der Waals surface area contributed by atoms with Crippen molar-refractivity contribution in [3.05, 3.63) is 53.1 Å². The fourth-order valence-corrected chi connectivity index (χ4v) is 6.38. The summed E-state index contributed by atoms with van der Waals surface area (Å²) >= 11 is 0. The first-order valence-corrected chi connectivity index (χ1v) is 17.0. The van der Waals surface area contributed by atoms with E-state index >= 15 is 0 Å². The average Bonchev–Trinajstić information content (AvgIpc) is 3.67.